The molecule has 1 N–H and O–H groups in total. The summed E-state index contributed by atoms with van der Waals surface area (Å²) >= 11 is 0. The van der Waals surface area contributed by atoms with E-state index >= 15 is 0 Å². The van der Waals surface area contributed by atoms with Crippen molar-refractivity contribution in [3.05, 3.63) is 75.1 Å². The van der Waals surface area contributed by atoms with Crippen LogP contribution in [-0.4, -0.2) is 30.6 Å². The molecule has 140 valence electrons. The molecule has 0 radical (unpaired) electrons. The number of carbonyl (C=O) groups is 1. The van der Waals surface area contributed by atoms with Crippen LogP contribution in [0.2, 0.25) is 0 Å². The molecule has 10 heteroatoms. The molecule has 4 rings (SSSR count). The molecular weight excluding hydrogens is 364 g/mol. The van der Waals surface area contributed by atoms with E-state index in [2.05, 4.69) is 25.4 Å². The fourth-order valence-electron chi connectivity index (χ4n) is 2.78. The predicted octanol–water partition coefficient (Wildman–Crippen LogP) is 0.937. The number of fused-ring (bicyclic) bond motifs is 1. The molecule has 0 unspecified atom stereocenters. The van der Waals surface area contributed by atoms with E-state index in [9.17, 15) is 14.4 Å². The fourth-order valence-corrected chi connectivity index (χ4v) is 2.78. The Bertz CT molecular complexity index is 1300. The third kappa shape index (κ3) is 3.30. The van der Waals surface area contributed by atoms with Crippen LogP contribution in [0.1, 0.15) is 12.5 Å². The molecule has 0 saturated carbocycles. The molecule has 0 aliphatic carbocycles. The Kier molecular flexibility index (Phi) is 4.28. The zero-order valence-electron chi connectivity index (χ0n) is 14.7. The normalized spacial score (nSPS) is 10.9. The lowest BCUT2D eigenvalue weighted by Gasteiger charge is -2.10. The second kappa shape index (κ2) is 6.91. The number of benzene rings is 2. The summed E-state index contributed by atoms with van der Waals surface area (Å²) in [4.78, 5) is 36.4. The first-order valence-electron chi connectivity index (χ1n) is 8.30. The minimum atomic E-state index is -0.606. The lowest BCUT2D eigenvalue weighted by molar-refractivity contribution is -0.114. The molecule has 4 aromatic rings. The van der Waals surface area contributed by atoms with E-state index < -0.39 is 11.2 Å². The average molecular weight is 378 g/mol. The van der Waals surface area contributed by atoms with Crippen LogP contribution in [0.4, 0.5) is 5.69 Å². The largest absolute Gasteiger partial charge is 0.352 e. The van der Waals surface area contributed by atoms with Crippen molar-refractivity contribution in [1.82, 2.24) is 24.7 Å². The Morgan fingerprint density at radius 2 is 1.93 bits per heavy atom. The Labute approximate surface area is 157 Å². The smallest absolute Gasteiger partial charge is 0.326 e. The fraction of sp³-hybridized carbons (Fsp3) is 0.111. The summed E-state index contributed by atoms with van der Waals surface area (Å²) in [6.45, 7) is 1.42. The van der Waals surface area contributed by atoms with Gasteiger partial charge in [-0.2, -0.15) is 9.78 Å². The summed E-state index contributed by atoms with van der Waals surface area (Å²) in [5.41, 5.74) is 1.60. The number of carbonyl (C=O) groups excluding carboxylic acids is 1. The molecule has 2 aromatic carbocycles. The number of nitrogens with one attached hydrogen (secondary N) is 1. The number of hydrogen-bond acceptors (Lipinski definition) is 7. The average Bonchev–Trinajstić information content (AvgIpc) is 3.12. The lowest BCUT2D eigenvalue weighted by atomic mass is 10.2. The van der Waals surface area contributed by atoms with Crippen molar-refractivity contribution < 1.29 is 9.42 Å². The minimum Gasteiger partial charge on any atom is -0.326 e. The maximum absolute atomic E-state index is 12.9. The molecule has 0 aliphatic heterocycles. The molecule has 1 amide bonds. The van der Waals surface area contributed by atoms with E-state index in [0.717, 1.165) is 15.4 Å². The summed E-state index contributed by atoms with van der Waals surface area (Å²) in [6.07, 6.45) is 1.07. The van der Waals surface area contributed by atoms with Gasteiger partial charge in [-0.15, -0.1) is 0 Å². The van der Waals surface area contributed by atoms with E-state index in [4.69, 9.17) is 0 Å². The van der Waals surface area contributed by atoms with Crippen LogP contribution in [0.5, 0.6) is 0 Å². The monoisotopic (exact) mass is 378 g/mol. The van der Waals surface area contributed by atoms with E-state index in [1.165, 1.54) is 6.92 Å². The number of rotatable bonds is 4. The van der Waals surface area contributed by atoms with Crippen molar-refractivity contribution in [3.8, 4) is 5.69 Å². The van der Waals surface area contributed by atoms with Crippen molar-refractivity contribution >= 4 is 22.6 Å². The number of hydrogen-bond donors (Lipinski definition) is 1. The number of anilines is 1. The van der Waals surface area contributed by atoms with Gasteiger partial charge < -0.3 is 5.32 Å². The number of aromatic nitrogens is 5. The van der Waals surface area contributed by atoms with Crippen LogP contribution in [0, 0.1) is 0 Å². The second-order valence-electron chi connectivity index (χ2n) is 6.08. The molecule has 0 fully saturated rings. The number of nitrogens with zero attached hydrogens (tertiary/aromatic N) is 5. The van der Waals surface area contributed by atoms with Gasteiger partial charge in [0.15, 0.2) is 0 Å². The van der Waals surface area contributed by atoms with Gasteiger partial charge in [0.25, 0.3) is 5.56 Å². The van der Waals surface area contributed by atoms with Crippen LogP contribution in [0.25, 0.3) is 16.7 Å². The van der Waals surface area contributed by atoms with Crippen LogP contribution in [-0.2, 0) is 11.3 Å². The third-order valence-electron chi connectivity index (χ3n) is 4.03. The molecule has 0 saturated heterocycles. The molecule has 28 heavy (non-hydrogen) atoms. The standard InChI is InChI=1S/C18H14N6O4/c1-11(25)20-13-3-2-4-14(8-13)24-18(27)23(17(26)9-19-24)10-12-5-6-15-16(7-12)22-28-21-15/h2-9H,10H2,1H3,(H,20,25). The van der Waals surface area contributed by atoms with E-state index in [0.29, 0.717) is 28.0 Å². The van der Waals surface area contributed by atoms with Crippen molar-refractivity contribution in [3.63, 3.8) is 0 Å². The maximum atomic E-state index is 12.9. The molecule has 0 bridgehead atoms. The Balaban J connectivity index is 1.74. The Morgan fingerprint density at radius 3 is 2.75 bits per heavy atom. The molecule has 0 spiro atoms. The van der Waals surface area contributed by atoms with E-state index in [-0.39, 0.29) is 12.5 Å². The Hall–Kier alpha value is -4.08. The van der Waals surface area contributed by atoms with Crippen molar-refractivity contribution in [2.45, 2.75) is 13.5 Å². The molecule has 2 aromatic heterocycles. The molecule has 10 nitrogen and oxygen atoms in total. The molecular formula is C18H14N6O4. The van der Waals surface area contributed by atoms with Gasteiger partial charge in [-0.1, -0.05) is 12.1 Å². The lowest BCUT2D eigenvalue weighted by Crippen LogP contribution is -2.40. The summed E-state index contributed by atoms with van der Waals surface area (Å²) in [5, 5.41) is 14.1. The van der Waals surface area contributed by atoms with Gasteiger partial charge in [-0.05, 0) is 46.2 Å². The van der Waals surface area contributed by atoms with Crippen LogP contribution < -0.4 is 16.6 Å². The van der Waals surface area contributed by atoms with Gasteiger partial charge in [-0.3, -0.25) is 14.2 Å². The van der Waals surface area contributed by atoms with Gasteiger partial charge in [0.2, 0.25) is 5.91 Å². The molecule has 2 heterocycles. The second-order valence-corrected chi connectivity index (χ2v) is 6.08. The zero-order chi connectivity index (χ0) is 19.7. The highest BCUT2D eigenvalue weighted by molar-refractivity contribution is 5.88. The molecule has 0 atom stereocenters. The summed E-state index contributed by atoms with van der Waals surface area (Å²) in [6, 6.07) is 11.7. The van der Waals surface area contributed by atoms with Crippen molar-refractivity contribution in [1.29, 1.82) is 0 Å². The highest BCUT2D eigenvalue weighted by atomic mass is 16.6. The highest BCUT2D eigenvalue weighted by Crippen LogP contribution is 2.13. The minimum absolute atomic E-state index is 0.0361. The highest BCUT2D eigenvalue weighted by Gasteiger charge is 2.11. The SMILES string of the molecule is CC(=O)Nc1cccc(-n2ncc(=O)n(Cc3ccc4nonc4c3)c2=O)c1. The maximum Gasteiger partial charge on any atom is 0.352 e. The van der Waals surface area contributed by atoms with Crippen molar-refractivity contribution in [2.24, 2.45) is 0 Å². The van der Waals surface area contributed by atoms with Crippen LogP contribution in [0.15, 0.2) is 62.9 Å². The molecule has 0 aliphatic rings. The number of amides is 1. The van der Waals surface area contributed by atoms with Gasteiger partial charge in [0.1, 0.15) is 17.2 Å². The van der Waals surface area contributed by atoms with E-state index in [1.807, 2.05) is 0 Å². The van der Waals surface area contributed by atoms with Gasteiger partial charge in [-0.25, -0.2) is 9.42 Å². The third-order valence-corrected chi connectivity index (χ3v) is 4.03. The van der Waals surface area contributed by atoms with E-state index in [1.54, 1.807) is 42.5 Å². The predicted molar refractivity (Wildman–Crippen MR) is 99.3 cm³/mol. The zero-order valence-corrected chi connectivity index (χ0v) is 14.7. The van der Waals surface area contributed by atoms with Crippen LogP contribution in [0.3, 0.4) is 0 Å². The first-order valence-corrected chi connectivity index (χ1v) is 8.30. The summed E-state index contributed by atoms with van der Waals surface area (Å²) in [7, 11) is 0. The van der Waals surface area contributed by atoms with Gasteiger partial charge in [0, 0.05) is 12.6 Å². The first kappa shape index (κ1) is 17.3. The van der Waals surface area contributed by atoms with Gasteiger partial charge in [0.05, 0.1) is 12.2 Å². The summed E-state index contributed by atoms with van der Waals surface area (Å²) < 4.78 is 6.82. The Morgan fingerprint density at radius 1 is 1.11 bits per heavy atom. The van der Waals surface area contributed by atoms with Crippen molar-refractivity contribution in [2.75, 3.05) is 5.32 Å². The quantitative estimate of drug-likeness (QED) is 0.560. The summed E-state index contributed by atoms with van der Waals surface area (Å²) in [5.74, 6) is -0.236. The first-order chi connectivity index (χ1) is 13.5. The van der Waals surface area contributed by atoms with Gasteiger partial charge >= 0.3 is 5.69 Å². The topological polar surface area (TPSA) is 125 Å². The van der Waals surface area contributed by atoms with Crippen LogP contribution >= 0.6 is 0 Å².